The Morgan fingerprint density at radius 1 is 1.15 bits per heavy atom. The number of hydrogen-bond acceptors (Lipinski definition) is 6. The summed E-state index contributed by atoms with van der Waals surface area (Å²) in [6, 6.07) is 7.82. The number of aromatic nitrogens is 5. The highest BCUT2D eigenvalue weighted by Gasteiger charge is 2.35. The maximum atomic E-state index is 15.6. The number of hydrogen-bond donors (Lipinski definition) is 2. The molecular formula is C30H35FN8O. The van der Waals surface area contributed by atoms with E-state index in [1.807, 2.05) is 34.0 Å². The van der Waals surface area contributed by atoms with Crippen molar-refractivity contribution in [3.05, 3.63) is 54.2 Å². The number of amides is 1. The zero-order valence-corrected chi connectivity index (χ0v) is 22.8. The molecule has 1 saturated heterocycles. The average Bonchev–Trinajstić information content (AvgIpc) is 3.56. The van der Waals surface area contributed by atoms with Crippen LogP contribution in [0.5, 0.6) is 0 Å². The molecule has 2 N–H and O–H groups in total. The van der Waals surface area contributed by atoms with Crippen LogP contribution in [0, 0.1) is 17.7 Å². The first kappa shape index (κ1) is 25.2. The zero-order chi connectivity index (χ0) is 27.2. The van der Waals surface area contributed by atoms with Crippen molar-refractivity contribution in [3.8, 4) is 11.1 Å². The fourth-order valence-corrected chi connectivity index (χ4v) is 5.89. The van der Waals surface area contributed by atoms with E-state index in [0.717, 1.165) is 56.7 Å². The average molecular weight is 543 g/mol. The largest absolute Gasteiger partial charge is 0.340 e. The molecule has 0 bridgehead atoms. The maximum absolute atomic E-state index is 15.6. The molecule has 2 aliphatic carbocycles. The summed E-state index contributed by atoms with van der Waals surface area (Å²) in [6.07, 6.45) is 11.3. The number of imidazole rings is 1. The smallest absolute Gasteiger partial charge is 0.225 e. The van der Waals surface area contributed by atoms with Crippen molar-refractivity contribution < 1.29 is 9.18 Å². The van der Waals surface area contributed by atoms with Crippen LogP contribution in [0.4, 0.5) is 16.2 Å². The van der Waals surface area contributed by atoms with E-state index in [1.165, 1.54) is 19.3 Å². The second kappa shape index (κ2) is 10.3. The standard InChI is InChI=1S/C30H35FN8O/c1-19(37-11-13-38(14-12-37)29(40)21-5-6-21)22-9-10-32-26(15-22)35-30-34-25-8-7-24(27(31)28(25)36-30)23-16-33-39(18-23)17-20-3-2-4-20/h7-10,15-16,18-21H,2-6,11-14,17H2,1H3,(H2,32,34,35,36). The summed E-state index contributed by atoms with van der Waals surface area (Å²) >= 11 is 0. The van der Waals surface area contributed by atoms with Crippen molar-refractivity contribution in [1.29, 1.82) is 0 Å². The van der Waals surface area contributed by atoms with Gasteiger partial charge in [0.15, 0.2) is 5.82 Å². The van der Waals surface area contributed by atoms with Crippen molar-refractivity contribution in [2.24, 2.45) is 11.8 Å². The lowest BCUT2D eigenvalue weighted by atomic mass is 9.85. The molecule has 3 aliphatic rings. The van der Waals surface area contributed by atoms with E-state index in [2.05, 4.69) is 37.2 Å². The van der Waals surface area contributed by atoms with Gasteiger partial charge in [0, 0.05) is 68.2 Å². The minimum absolute atomic E-state index is 0.183. The van der Waals surface area contributed by atoms with E-state index < -0.39 is 0 Å². The quantitative estimate of drug-likeness (QED) is 0.321. The van der Waals surface area contributed by atoms with Crippen LogP contribution in [-0.2, 0) is 11.3 Å². The molecule has 208 valence electrons. The number of anilines is 2. The third-order valence-electron chi connectivity index (χ3n) is 8.82. The topological polar surface area (TPSA) is 95.0 Å². The van der Waals surface area contributed by atoms with Crippen molar-refractivity contribution in [2.75, 3.05) is 31.5 Å². The molecule has 0 spiro atoms. The van der Waals surface area contributed by atoms with Crippen LogP contribution in [-0.4, -0.2) is 66.6 Å². The lowest BCUT2D eigenvalue weighted by Gasteiger charge is -2.38. The number of aromatic amines is 1. The van der Waals surface area contributed by atoms with Gasteiger partial charge in [-0.1, -0.05) is 6.42 Å². The predicted molar refractivity (Wildman–Crippen MR) is 151 cm³/mol. The molecule has 40 heavy (non-hydrogen) atoms. The summed E-state index contributed by atoms with van der Waals surface area (Å²) in [5.74, 6) is 2.04. The van der Waals surface area contributed by atoms with E-state index in [0.29, 0.717) is 40.2 Å². The monoisotopic (exact) mass is 542 g/mol. The lowest BCUT2D eigenvalue weighted by molar-refractivity contribution is -0.134. The Morgan fingerprint density at radius 3 is 2.73 bits per heavy atom. The molecule has 9 nitrogen and oxygen atoms in total. The number of halogens is 1. The first-order valence-corrected chi connectivity index (χ1v) is 14.5. The Labute approximate surface area is 232 Å². The zero-order valence-electron chi connectivity index (χ0n) is 22.8. The number of H-pyrrole nitrogens is 1. The summed E-state index contributed by atoms with van der Waals surface area (Å²) in [5.41, 5.74) is 3.31. The van der Waals surface area contributed by atoms with Gasteiger partial charge in [-0.15, -0.1) is 0 Å². The Morgan fingerprint density at radius 2 is 1.98 bits per heavy atom. The van der Waals surface area contributed by atoms with Crippen molar-refractivity contribution in [2.45, 2.75) is 51.6 Å². The summed E-state index contributed by atoms with van der Waals surface area (Å²) in [5, 5.41) is 7.68. The van der Waals surface area contributed by atoms with Gasteiger partial charge in [-0.2, -0.15) is 5.10 Å². The highest BCUT2D eigenvalue weighted by atomic mass is 19.1. The molecule has 10 heteroatoms. The van der Waals surface area contributed by atoms with Gasteiger partial charge >= 0.3 is 0 Å². The molecule has 7 rings (SSSR count). The van der Waals surface area contributed by atoms with Gasteiger partial charge in [0.2, 0.25) is 11.9 Å². The maximum Gasteiger partial charge on any atom is 0.225 e. The van der Waals surface area contributed by atoms with Crippen LogP contribution in [0.1, 0.15) is 50.6 Å². The normalized spacial score (nSPS) is 19.1. The van der Waals surface area contributed by atoms with Crippen LogP contribution < -0.4 is 5.32 Å². The fourth-order valence-electron chi connectivity index (χ4n) is 5.89. The van der Waals surface area contributed by atoms with Crippen LogP contribution >= 0.6 is 0 Å². The van der Waals surface area contributed by atoms with Gasteiger partial charge in [-0.05, 0) is 68.4 Å². The molecule has 4 heterocycles. The van der Waals surface area contributed by atoms with Crippen LogP contribution in [0.15, 0.2) is 42.9 Å². The van der Waals surface area contributed by atoms with E-state index in [4.69, 9.17) is 0 Å². The van der Waals surface area contributed by atoms with Gasteiger partial charge in [0.05, 0.1) is 11.7 Å². The second-order valence-corrected chi connectivity index (χ2v) is 11.6. The molecule has 1 aromatic carbocycles. The number of rotatable bonds is 8. The molecular weight excluding hydrogens is 507 g/mol. The van der Waals surface area contributed by atoms with Gasteiger partial charge < -0.3 is 15.2 Å². The van der Waals surface area contributed by atoms with Gasteiger partial charge in [0.1, 0.15) is 11.3 Å². The summed E-state index contributed by atoms with van der Waals surface area (Å²) in [4.78, 5) is 29.0. The molecule has 3 fully saturated rings. The lowest BCUT2D eigenvalue weighted by Crippen LogP contribution is -2.49. The minimum Gasteiger partial charge on any atom is -0.340 e. The number of pyridine rings is 1. The molecule has 2 saturated carbocycles. The summed E-state index contributed by atoms with van der Waals surface area (Å²) in [6.45, 7) is 6.35. The van der Waals surface area contributed by atoms with Gasteiger partial charge in [-0.3, -0.25) is 14.4 Å². The van der Waals surface area contributed by atoms with E-state index in [9.17, 15) is 4.79 Å². The molecule has 1 aliphatic heterocycles. The molecule has 4 aromatic rings. The third-order valence-corrected chi connectivity index (χ3v) is 8.82. The van der Waals surface area contributed by atoms with Crippen molar-refractivity contribution in [1.82, 2.24) is 34.5 Å². The SMILES string of the molecule is CC(c1ccnc(Nc2nc3ccc(-c4cnn(CC5CCC5)c4)c(F)c3[nH]2)c1)N1CCN(C(=O)C2CC2)CC1. The molecule has 0 radical (unpaired) electrons. The molecule has 1 amide bonds. The Balaban J connectivity index is 1.04. The van der Waals surface area contributed by atoms with Gasteiger partial charge in [0.25, 0.3) is 0 Å². The first-order chi connectivity index (χ1) is 19.5. The number of fused-ring (bicyclic) bond motifs is 1. The molecule has 1 unspecified atom stereocenters. The molecule has 1 atom stereocenters. The highest BCUT2D eigenvalue weighted by molar-refractivity contribution is 5.84. The van der Waals surface area contributed by atoms with Crippen LogP contribution in [0.3, 0.4) is 0 Å². The fraction of sp³-hybridized carbons (Fsp3) is 0.467. The second-order valence-electron chi connectivity index (χ2n) is 11.6. The summed E-state index contributed by atoms with van der Waals surface area (Å²) < 4.78 is 17.5. The van der Waals surface area contributed by atoms with Crippen molar-refractivity contribution >= 4 is 28.7 Å². The Hall–Kier alpha value is -3.79. The number of carbonyl (C=O) groups is 1. The van der Waals surface area contributed by atoms with Crippen molar-refractivity contribution in [3.63, 3.8) is 0 Å². The predicted octanol–water partition coefficient (Wildman–Crippen LogP) is 5.12. The third kappa shape index (κ3) is 4.96. The van der Waals surface area contributed by atoms with E-state index >= 15 is 4.39 Å². The Kier molecular flexibility index (Phi) is 6.50. The number of nitrogens with zero attached hydrogens (tertiary/aromatic N) is 6. The van der Waals surface area contributed by atoms with Gasteiger partial charge in [-0.25, -0.2) is 14.4 Å². The first-order valence-electron chi connectivity index (χ1n) is 14.5. The van der Waals surface area contributed by atoms with Crippen LogP contribution in [0.2, 0.25) is 0 Å². The molecule has 3 aromatic heterocycles. The van der Waals surface area contributed by atoms with Crippen LogP contribution in [0.25, 0.3) is 22.2 Å². The number of benzene rings is 1. The highest BCUT2D eigenvalue weighted by Crippen LogP contribution is 2.33. The number of carbonyl (C=O) groups excluding carboxylic acids is 1. The summed E-state index contributed by atoms with van der Waals surface area (Å²) in [7, 11) is 0. The minimum atomic E-state index is -0.337. The number of piperazine rings is 1. The van der Waals surface area contributed by atoms with E-state index in [1.54, 1.807) is 18.5 Å². The number of nitrogens with one attached hydrogen (secondary N) is 2. The Bertz CT molecular complexity index is 1530. The van der Waals surface area contributed by atoms with E-state index in [-0.39, 0.29) is 17.8 Å².